The van der Waals surface area contributed by atoms with Crippen LogP contribution in [0.2, 0.25) is 0 Å². The minimum Gasteiger partial charge on any atom is -0.399 e. The highest BCUT2D eigenvalue weighted by molar-refractivity contribution is 9.10. The van der Waals surface area contributed by atoms with Crippen molar-refractivity contribution < 1.29 is 22.4 Å². The number of anilines is 1. The van der Waals surface area contributed by atoms with E-state index in [0.717, 1.165) is 6.07 Å². The molecular weight excluding hydrogens is 354 g/mol. The largest absolute Gasteiger partial charge is 0.419 e. The Morgan fingerprint density at radius 3 is 2.33 bits per heavy atom. The van der Waals surface area contributed by atoms with Crippen LogP contribution in [0.3, 0.4) is 0 Å². The third kappa shape index (κ3) is 3.24. The van der Waals surface area contributed by atoms with Gasteiger partial charge in [0.05, 0.1) is 5.56 Å². The summed E-state index contributed by atoms with van der Waals surface area (Å²) in [6.07, 6.45) is -4.80. The Bertz CT molecular complexity index is 713. The first-order chi connectivity index (χ1) is 9.70. The van der Waals surface area contributed by atoms with Crippen molar-refractivity contribution in [1.29, 1.82) is 0 Å². The monoisotopic (exact) mass is 361 g/mol. The lowest BCUT2D eigenvalue weighted by Gasteiger charge is -2.10. The highest BCUT2D eigenvalue weighted by atomic mass is 79.9. The van der Waals surface area contributed by atoms with E-state index in [1.165, 1.54) is 12.1 Å². The van der Waals surface area contributed by atoms with E-state index < -0.39 is 23.3 Å². The van der Waals surface area contributed by atoms with Crippen LogP contribution in [0.5, 0.6) is 0 Å². The summed E-state index contributed by atoms with van der Waals surface area (Å²) in [5.74, 6) is -2.12. The van der Waals surface area contributed by atoms with Crippen LogP contribution in [0.15, 0.2) is 40.9 Å². The summed E-state index contributed by atoms with van der Waals surface area (Å²) in [6, 6.07) is 6.49. The van der Waals surface area contributed by atoms with Crippen LogP contribution in [-0.2, 0) is 6.18 Å². The molecule has 0 unspecified atom stereocenters. The van der Waals surface area contributed by atoms with E-state index in [2.05, 4.69) is 15.9 Å². The number of nitrogens with two attached hydrogens (primary N) is 1. The van der Waals surface area contributed by atoms with Gasteiger partial charge in [-0.25, -0.2) is 4.39 Å². The van der Waals surface area contributed by atoms with E-state index in [-0.39, 0.29) is 11.1 Å². The van der Waals surface area contributed by atoms with Crippen molar-refractivity contribution in [2.24, 2.45) is 0 Å². The van der Waals surface area contributed by atoms with Gasteiger partial charge in [0.25, 0.3) is 0 Å². The number of rotatable bonds is 2. The normalized spacial score (nSPS) is 11.5. The summed E-state index contributed by atoms with van der Waals surface area (Å²) in [5, 5.41) is 0. The van der Waals surface area contributed by atoms with E-state index in [9.17, 15) is 22.4 Å². The molecular formula is C14H8BrF4NO. The van der Waals surface area contributed by atoms with E-state index >= 15 is 0 Å². The van der Waals surface area contributed by atoms with Gasteiger partial charge in [0.15, 0.2) is 5.78 Å². The summed E-state index contributed by atoms with van der Waals surface area (Å²) in [7, 11) is 0. The Labute approximate surface area is 125 Å². The molecule has 0 amide bonds. The fraction of sp³-hybridized carbons (Fsp3) is 0.0714. The summed E-state index contributed by atoms with van der Waals surface area (Å²) < 4.78 is 51.3. The number of hydrogen-bond acceptors (Lipinski definition) is 2. The molecule has 0 aliphatic heterocycles. The van der Waals surface area contributed by atoms with Crippen molar-refractivity contribution >= 4 is 27.4 Å². The molecule has 2 aromatic carbocycles. The van der Waals surface area contributed by atoms with E-state index in [1.807, 2.05) is 0 Å². The van der Waals surface area contributed by atoms with Gasteiger partial charge in [-0.2, -0.15) is 13.2 Å². The Morgan fingerprint density at radius 1 is 1.10 bits per heavy atom. The highest BCUT2D eigenvalue weighted by Gasteiger charge is 2.34. The summed E-state index contributed by atoms with van der Waals surface area (Å²) >= 11 is 3.14. The average Bonchev–Trinajstić information content (AvgIpc) is 2.39. The Balaban J connectivity index is 2.45. The van der Waals surface area contributed by atoms with Gasteiger partial charge in [0.1, 0.15) is 5.82 Å². The first kappa shape index (κ1) is 15.5. The molecule has 7 heteroatoms. The molecule has 2 N–H and O–H groups in total. The standard InChI is InChI=1S/C14H8BrF4NO/c15-11-4-2-8(20)6-9(11)13(21)7-1-3-10(12(16)5-7)14(17,18)19/h1-6H,20H2. The van der Waals surface area contributed by atoms with Crippen molar-refractivity contribution in [2.45, 2.75) is 6.18 Å². The lowest BCUT2D eigenvalue weighted by molar-refractivity contribution is -0.140. The SMILES string of the molecule is Nc1ccc(Br)c(C(=O)c2ccc(C(F)(F)F)c(F)c2)c1. The molecule has 2 aromatic rings. The van der Waals surface area contributed by atoms with Crippen LogP contribution in [0, 0.1) is 5.82 Å². The van der Waals surface area contributed by atoms with Gasteiger partial charge in [-0.15, -0.1) is 0 Å². The fourth-order valence-electron chi connectivity index (χ4n) is 1.76. The maximum absolute atomic E-state index is 13.5. The van der Waals surface area contributed by atoms with Crippen LogP contribution < -0.4 is 5.73 Å². The Morgan fingerprint density at radius 2 is 1.76 bits per heavy atom. The summed E-state index contributed by atoms with van der Waals surface area (Å²) in [6.45, 7) is 0. The molecule has 0 atom stereocenters. The third-order valence-corrected chi connectivity index (χ3v) is 3.46. The van der Waals surface area contributed by atoms with Gasteiger partial charge in [-0.3, -0.25) is 4.79 Å². The minimum atomic E-state index is -4.80. The number of benzene rings is 2. The molecule has 0 fully saturated rings. The van der Waals surface area contributed by atoms with Crippen molar-refractivity contribution in [2.75, 3.05) is 5.73 Å². The Hall–Kier alpha value is -1.89. The predicted molar refractivity (Wildman–Crippen MR) is 73.4 cm³/mol. The lowest BCUT2D eigenvalue weighted by atomic mass is 10.0. The van der Waals surface area contributed by atoms with E-state index in [4.69, 9.17) is 5.73 Å². The van der Waals surface area contributed by atoms with Crippen LogP contribution >= 0.6 is 15.9 Å². The second-order valence-corrected chi connectivity index (χ2v) is 5.12. The molecule has 2 nitrogen and oxygen atoms in total. The number of nitrogen functional groups attached to an aromatic ring is 1. The average molecular weight is 362 g/mol. The zero-order valence-corrected chi connectivity index (χ0v) is 11.9. The van der Waals surface area contributed by atoms with Crippen molar-refractivity contribution in [3.8, 4) is 0 Å². The van der Waals surface area contributed by atoms with Gasteiger partial charge in [-0.1, -0.05) is 22.0 Å². The number of alkyl halides is 3. The molecule has 0 aliphatic rings. The smallest absolute Gasteiger partial charge is 0.399 e. The van der Waals surface area contributed by atoms with Gasteiger partial charge in [0.2, 0.25) is 0 Å². The summed E-state index contributed by atoms with van der Waals surface area (Å²) in [5.41, 5.74) is 4.42. The second kappa shape index (κ2) is 5.48. The maximum Gasteiger partial charge on any atom is 0.419 e. The molecule has 110 valence electrons. The molecule has 0 radical (unpaired) electrons. The number of hydrogen-bond donors (Lipinski definition) is 1. The maximum atomic E-state index is 13.5. The second-order valence-electron chi connectivity index (χ2n) is 4.26. The summed E-state index contributed by atoms with van der Waals surface area (Å²) in [4.78, 5) is 12.2. The van der Waals surface area contributed by atoms with Gasteiger partial charge in [0, 0.05) is 21.3 Å². The molecule has 0 aliphatic carbocycles. The van der Waals surface area contributed by atoms with Gasteiger partial charge < -0.3 is 5.73 Å². The quantitative estimate of drug-likeness (QED) is 0.488. The Kier molecular flexibility index (Phi) is 4.04. The van der Waals surface area contributed by atoms with E-state index in [1.54, 1.807) is 6.07 Å². The molecule has 0 spiro atoms. The fourth-order valence-corrected chi connectivity index (χ4v) is 2.19. The molecule has 0 aromatic heterocycles. The zero-order chi connectivity index (χ0) is 15.8. The number of carbonyl (C=O) groups is 1. The van der Waals surface area contributed by atoms with Gasteiger partial charge in [-0.05, 0) is 30.3 Å². The number of halogens is 5. The van der Waals surface area contributed by atoms with Crippen LogP contribution in [0.4, 0.5) is 23.2 Å². The number of ketones is 1. The van der Waals surface area contributed by atoms with Crippen LogP contribution in [0.25, 0.3) is 0 Å². The van der Waals surface area contributed by atoms with Gasteiger partial charge >= 0.3 is 6.18 Å². The predicted octanol–water partition coefficient (Wildman–Crippen LogP) is 4.42. The van der Waals surface area contributed by atoms with Crippen molar-refractivity contribution in [3.63, 3.8) is 0 Å². The molecule has 0 saturated heterocycles. The molecule has 0 bridgehead atoms. The van der Waals surface area contributed by atoms with Crippen LogP contribution in [0.1, 0.15) is 21.5 Å². The van der Waals surface area contributed by atoms with E-state index in [0.29, 0.717) is 22.3 Å². The first-order valence-corrected chi connectivity index (χ1v) is 6.46. The number of carbonyl (C=O) groups excluding carboxylic acids is 1. The first-order valence-electron chi connectivity index (χ1n) is 5.66. The zero-order valence-electron chi connectivity index (χ0n) is 10.3. The highest BCUT2D eigenvalue weighted by Crippen LogP contribution is 2.32. The van der Waals surface area contributed by atoms with Crippen molar-refractivity contribution in [3.05, 3.63) is 63.4 Å². The third-order valence-electron chi connectivity index (χ3n) is 2.77. The minimum absolute atomic E-state index is 0.147. The van der Waals surface area contributed by atoms with Crippen LogP contribution in [-0.4, -0.2) is 5.78 Å². The topological polar surface area (TPSA) is 43.1 Å². The van der Waals surface area contributed by atoms with Crippen molar-refractivity contribution in [1.82, 2.24) is 0 Å². The molecule has 21 heavy (non-hydrogen) atoms. The molecule has 0 saturated carbocycles. The lowest BCUT2D eigenvalue weighted by Crippen LogP contribution is -2.10. The molecule has 2 rings (SSSR count). The molecule has 0 heterocycles.